The molecule has 1 N–H and O–H groups in total. The summed E-state index contributed by atoms with van der Waals surface area (Å²) in [6, 6.07) is 0.802. The monoisotopic (exact) mass is 272 g/mol. The Kier molecular flexibility index (Phi) is 5.22. The summed E-state index contributed by atoms with van der Waals surface area (Å²) < 4.78 is 11.4. The third-order valence-electron chi connectivity index (χ3n) is 4.67. The molecule has 2 fully saturated rings. The zero-order valence-electron chi connectivity index (χ0n) is 11.9. The Morgan fingerprint density at radius 1 is 1.22 bits per heavy atom. The molecule has 0 bridgehead atoms. The topological polar surface area (TPSA) is 32.3 Å². The van der Waals surface area contributed by atoms with Gasteiger partial charge in [0.15, 0.2) is 0 Å². The van der Waals surface area contributed by atoms with Crippen molar-refractivity contribution in [3.8, 4) is 0 Å². The van der Waals surface area contributed by atoms with Gasteiger partial charge in [-0.2, -0.15) is 0 Å². The van der Waals surface area contributed by atoms with Crippen molar-refractivity contribution in [1.82, 2.24) is 10.2 Å². The maximum Gasteiger partial charge on any atom is 0.0363 e. The second kappa shape index (κ2) is 6.49. The molecule has 0 amide bonds. The molecular weight excluding hydrogens is 244 g/mol. The summed E-state index contributed by atoms with van der Waals surface area (Å²) in [6.45, 7) is 9.02. The SMILES string of the molecule is CCC(CC)(CNC1CC1)CN1CCS(=O)CC1. The van der Waals surface area contributed by atoms with Crippen molar-refractivity contribution in [3.63, 3.8) is 0 Å². The molecule has 3 nitrogen and oxygen atoms in total. The van der Waals surface area contributed by atoms with Crippen LogP contribution in [0.4, 0.5) is 0 Å². The van der Waals surface area contributed by atoms with Crippen LogP contribution in [0.25, 0.3) is 0 Å². The Bertz CT molecular complexity index is 278. The van der Waals surface area contributed by atoms with Crippen molar-refractivity contribution in [1.29, 1.82) is 0 Å². The average molecular weight is 272 g/mol. The van der Waals surface area contributed by atoms with Crippen LogP contribution in [0.15, 0.2) is 0 Å². The van der Waals surface area contributed by atoms with Gasteiger partial charge in [-0.3, -0.25) is 4.21 Å². The first-order valence-corrected chi connectivity index (χ1v) is 8.97. The molecule has 0 aromatic rings. The summed E-state index contributed by atoms with van der Waals surface area (Å²) >= 11 is 0. The van der Waals surface area contributed by atoms with E-state index in [1.165, 1.54) is 32.2 Å². The molecule has 2 aliphatic rings. The van der Waals surface area contributed by atoms with Crippen molar-refractivity contribution in [2.75, 3.05) is 37.7 Å². The van der Waals surface area contributed by atoms with E-state index in [0.717, 1.165) is 37.2 Å². The number of nitrogens with one attached hydrogen (secondary N) is 1. The third kappa shape index (κ3) is 4.04. The lowest BCUT2D eigenvalue weighted by Gasteiger charge is -2.39. The number of nitrogens with zero attached hydrogens (tertiary/aromatic N) is 1. The third-order valence-corrected chi connectivity index (χ3v) is 5.95. The predicted octanol–water partition coefficient (Wildman–Crippen LogP) is 1.61. The minimum atomic E-state index is -0.552. The number of hydrogen-bond acceptors (Lipinski definition) is 3. The summed E-state index contributed by atoms with van der Waals surface area (Å²) in [5.41, 5.74) is 0.418. The summed E-state index contributed by atoms with van der Waals surface area (Å²) in [6.07, 6.45) is 5.21. The maximum absolute atomic E-state index is 11.4. The molecule has 0 unspecified atom stereocenters. The zero-order valence-corrected chi connectivity index (χ0v) is 12.7. The second-order valence-electron chi connectivity index (χ2n) is 5.99. The van der Waals surface area contributed by atoms with Crippen molar-refractivity contribution in [3.05, 3.63) is 0 Å². The van der Waals surface area contributed by atoms with Gasteiger partial charge < -0.3 is 10.2 Å². The highest BCUT2D eigenvalue weighted by molar-refractivity contribution is 7.85. The van der Waals surface area contributed by atoms with E-state index in [9.17, 15) is 4.21 Å². The Morgan fingerprint density at radius 3 is 2.33 bits per heavy atom. The largest absolute Gasteiger partial charge is 0.313 e. The summed E-state index contributed by atoms with van der Waals surface area (Å²) in [5, 5.41) is 3.71. The van der Waals surface area contributed by atoms with E-state index < -0.39 is 10.8 Å². The fourth-order valence-corrected chi connectivity index (χ4v) is 3.86. The Hall–Kier alpha value is 0.0700. The van der Waals surface area contributed by atoms with E-state index in [-0.39, 0.29) is 0 Å². The van der Waals surface area contributed by atoms with Crippen molar-refractivity contribution in [2.45, 2.75) is 45.6 Å². The van der Waals surface area contributed by atoms with Gasteiger partial charge in [0.05, 0.1) is 0 Å². The molecule has 0 aromatic carbocycles. The standard InChI is InChI=1S/C14H28N2OS/c1-3-14(4-2,11-15-13-5-6-13)12-16-7-9-18(17)10-8-16/h13,15H,3-12H2,1-2H3. The minimum absolute atomic E-state index is 0.418. The van der Waals surface area contributed by atoms with Gasteiger partial charge in [-0.05, 0) is 31.1 Å². The smallest absolute Gasteiger partial charge is 0.0363 e. The first-order valence-electron chi connectivity index (χ1n) is 7.48. The van der Waals surface area contributed by atoms with Crippen LogP contribution in [0.1, 0.15) is 39.5 Å². The summed E-state index contributed by atoms with van der Waals surface area (Å²) in [7, 11) is -0.552. The molecule has 1 saturated heterocycles. The molecule has 2 rings (SSSR count). The molecule has 0 atom stereocenters. The highest BCUT2D eigenvalue weighted by atomic mass is 32.2. The van der Waals surface area contributed by atoms with E-state index >= 15 is 0 Å². The van der Waals surface area contributed by atoms with Crippen molar-refractivity contribution < 1.29 is 4.21 Å². The molecule has 0 radical (unpaired) electrons. The van der Waals surface area contributed by atoms with Gasteiger partial charge in [-0.1, -0.05) is 13.8 Å². The Balaban J connectivity index is 1.84. The van der Waals surface area contributed by atoms with Crippen LogP contribution in [0.5, 0.6) is 0 Å². The molecule has 1 saturated carbocycles. The molecule has 4 heteroatoms. The van der Waals surface area contributed by atoms with Crippen molar-refractivity contribution in [2.24, 2.45) is 5.41 Å². The zero-order chi connectivity index (χ0) is 13.0. The first kappa shape index (κ1) is 14.5. The molecule has 1 aliphatic heterocycles. The van der Waals surface area contributed by atoms with Crippen LogP contribution in [0.2, 0.25) is 0 Å². The minimum Gasteiger partial charge on any atom is -0.313 e. The van der Waals surface area contributed by atoms with Crippen molar-refractivity contribution >= 4 is 10.8 Å². The van der Waals surface area contributed by atoms with Crippen LogP contribution in [-0.2, 0) is 10.8 Å². The van der Waals surface area contributed by atoms with Gasteiger partial charge in [-0.15, -0.1) is 0 Å². The lowest BCUT2D eigenvalue weighted by molar-refractivity contribution is 0.142. The van der Waals surface area contributed by atoms with Gasteiger partial charge in [0.25, 0.3) is 0 Å². The average Bonchev–Trinajstić information content (AvgIpc) is 3.21. The van der Waals surface area contributed by atoms with Crippen LogP contribution in [-0.4, -0.2) is 52.8 Å². The lowest BCUT2D eigenvalue weighted by Crippen LogP contribution is -2.48. The van der Waals surface area contributed by atoms with Crippen LogP contribution in [0.3, 0.4) is 0 Å². The second-order valence-corrected chi connectivity index (χ2v) is 7.68. The molecular formula is C14H28N2OS. The van der Waals surface area contributed by atoms with Gasteiger partial charge >= 0.3 is 0 Å². The van der Waals surface area contributed by atoms with E-state index in [2.05, 4.69) is 24.1 Å². The van der Waals surface area contributed by atoms with Crippen LogP contribution < -0.4 is 5.32 Å². The first-order chi connectivity index (χ1) is 8.67. The summed E-state index contributed by atoms with van der Waals surface area (Å²) in [5.74, 6) is 1.75. The van der Waals surface area contributed by atoms with E-state index in [4.69, 9.17) is 0 Å². The Morgan fingerprint density at radius 2 is 1.83 bits per heavy atom. The van der Waals surface area contributed by atoms with Crippen LogP contribution in [0, 0.1) is 5.41 Å². The van der Waals surface area contributed by atoms with E-state index in [1.54, 1.807) is 0 Å². The van der Waals surface area contributed by atoms with Gasteiger partial charge in [-0.25, -0.2) is 0 Å². The van der Waals surface area contributed by atoms with Gasteiger partial charge in [0.2, 0.25) is 0 Å². The normalized spacial score (nSPS) is 23.4. The molecule has 18 heavy (non-hydrogen) atoms. The van der Waals surface area contributed by atoms with E-state index in [1.807, 2.05) is 0 Å². The molecule has 1 aliphatic carbocycles. The lowest BCUT2D eigenvalue weighted by atomic mass is 9.81. The maximum atomic E-state index is 11.4. The van der Waals surface area contributed by atoms with E-state index in [0.29, 0.717) is 5.41 Å². The highest BCUT2D eigenvalue weighted by Crippen LogP contribution is 2.29. The van der Waals surface area contributed by atoms with Gasteiger partial charge in [0.1, 0.15) is 0 Å². The fraction of sp³-hybridized carbons (Fsp3) is 1.00. The predicted molar refractivity (Wildman–Crippen MR) is 78.4 cm³/mol. The molecule has 0 aromatic heterocycles. The quantitative estimate of drug-likeness (QED) is 0.764. The molecule has 1 heterocycles. The number of hydrogen-bond donors (Lipinski definition) is 1. The Labute approximate surface area is 114 Å². The van der Waals surface area contributed by atoms with Crippen LogP contribution >= 0.6 is 0 Å². The number of rotatable bonds is 7. The fourth-order valence-electron chi connectivity index (χ4n) is 2.74. The molecule has 106 valence electrons. The molecule has 0 spiro atoms. The van der Waals surface area contributed by atoms with Gasteiger partial charge in [0, 0.05) is 54.5 Å². The highest BCUT2D eigenvalue weighted by Gasteiger charge is 2.32. The summed E-state index contributed by atoms with van der Waals surface area (Å²) in [4.78, 5) is 2.53.